The summed E-state index contributed by atoms with van der Waals surface area (Å²) in [5, 5.41) is 1.29. The van der Waals surface area contributed by atoms with Crippen LogP contribution >= 0.6 is 0 Å². The van der Waals surface area contributed by atoms with Gasteiger partial charge in [0.05, 0.1) is 0 Å². The van der Waals surface area contributed by atoms with Crippen LogP contribution in [0, 0.1) is 0 Å². The number of hydrazine groups is 1. The molecular formula is C7H14N2O2. The molecule has 11 heavy (non-hydrogen) atoms. The number of hydrogen-bond donors (Lipinski definition) is 1. The van der Waals surface area contributed by atoms with Gasteiger partial charge in [0.25, 0.3) is 0 Å². The molecule has 0 saturated heterocycles. The minimum atomic E-state index is -0.228. The van der Waals surface area contributed by atoms with E-state index in [0.717, 1.165) is 0 Å². The predicted molar refractivity (Wildman–Crippen MR) is 41.5 cm³/mol. The molecule has 0 unspecified atom stereocenters. The second-order valence-electron chi connectivity index (χ2n) is 2.65. The van der Waals surface area contributed by atoms with E-state index in [2.05, 4.69) is 5.43 Å². The SMILES string of the molecule is CC(=O)NN(C(C)=O)C(C)C. The van der Waals surface area contributed by atoms with Gasteiger partial charge in [0.1, 0.15) is 0 Å². The number of nitrogens with zero attached hydrogens (tertiary/aromatic N) is 1. The predicted octanol–water partition coefficient (Wildman–Crippen LogP) is 0.294. The van der Waals surface area contributed by atoms with Crippen LogP contribution < -0.4 is 5.43 Å². The third-order valence-electron chi connectivity index (χ3n) is 1.13. The zero-order chi connectivity index (χ0) is 9.02. The van der Waals surface area contributed by atoms with E-state index in [4.69, 9.17) is 0 Å². The van der Waals surface area contributed by atoms with Crippen LogP contribution in [0.4, 0.5) is 0 Å². The maximum atomic E-state index is 10.8. The highest BCUT2D eigenvalue weighted by Crippen LogP contribution is 1.93. The summed E-state index contributed by atoms with van der Waals surface area (Å²) in [6, 6.07) is -0.00333. The topological polar surface area (TPSA) is 49.4 Å². The van der Waals surface area contributed by atoms with Crippen LogP contribution in [0.25, 0.3) is 0 Å². The van der Waals surface area contributed by atoms with Gasteiger partial charge < -0.3 is 0 Å². The molecule has 0 rings (SSSR count). The third-order valence-corrected chi connectivity index (χ3v) is 1.13. The molecule has 4 heteroatoms. The summed E-state index contributed by atoms with van der Waals surface area (Å²) in [7, 11) is 0. The highest BCUT2D eigenvalue weighted by atomic mass is 16.2. The first-order valence-corrected chi connectivity index (χ1v) is 3.52. The largest absolute Gasteiger partial charge is 0.274 e. The summed E-state index contributed by atoms with van der Waals surface area (Å²) in [5.41, 5.74) is 2.42. The maximum absolute atomic E-state index is 10.8. The Bertz CT molecular complexity index is 166. The molecule has 4 nitrogen and oxygen atoms in total. The van der Waals surface area contributed by atoms with Crippen molar-refractivity contribution < 1.29 is 9.59 Å². The van der Waals surface area contributed by atoms with E-state index in [9.17, 15) is 9.59 Å². The van der Waals surface area contributed by atoms with E-state index in [0.29, 0.717) is 0 Å². The molecule has 1 N–H and O–H groups in total. The molecule has 0 aliphatic carbocycles. The van der Waals surface area contributed by atoms with Crippen molar-refractivity contribution >= 4 is 11.8 Å². The van der Waals surface area contributed by atoms with Crippen molar-refractivity contribution in [3.05, 3.63) is 0 Å². The van der Waals surface area contributed by atoms with Crippen molar-refractivity contribution in [2.75, 3.05) is 0 Å². The smallest absolute Gasteiger partial charge is 0.238 e. The number of carbonyl (C=O) groups is 2. The van der Waals surface area contributed by atoms with E-state index < -0.39 is 0 Å². The summed E-state index contributed by atoms with van der Waals surface area (Å²) in [4.78, 5) is 21.4. The average molecular weight is 158 g/mol. The number of rotatable bonds is 1. The monoisotopic (exact) mass is 158 g/mol. The Morgan fingerprint density at radius 2 is 1.73 bits per heavy atom. The normalized spacial score (nSPS) is 9.55. The fourth-order valence-corrected chi connectivity index (χ4v) is 0.741. The van der Waals surface area contributed by atoms with E-state index in [1.165, 1.54) is 18.9 Å². The van der Waals surface area contributed by atoms with Gasteiger partial charge in [0, 0.05) is 19.9 Å². The van der Waals surface area contributed by atoms with Crippen LogP contribution in [-0.2, 0) is 9.59 Å². The second kappa shape index (κ2) is 3.95. The lowest BCUT2D eigenvalue weighted by molar-refractivity contribution is -0.141. The van der Waals surface area contributed by atoms with Gasteiger partial charge in [-0.05, 0) is 13.8 Å². The van der Waals surface area contributed by atoms with Crippen molar-refractivity contribution in [3.63, 3.8) is 0 Å². The molecule has 0 aromatic heterocycles. The number of amides is 2. The number of hydrogen-bond acceptors (Lipinski definition) is 2. The molecule has 0 atom stereocenters. The standard InChI is InChI=1S/C7H14N2O2/c1-5(2)9(7(4)11)8-6(3)10/h5H,1-4H3,(H,8,10). The zero-order valence-corrected chi connectivity index (χ0v) is 7.34. The highest BCUT2D eigenvalue weighted by molar-refractivity contribution is 5.79. The minimum absolute atomic E-state index is 0.00333. The third kappa shape index (κ3) is 3.60. The van der Waals surface area contributed by atoms with Crippen molar-refractivity contribution in [1.29, 1.82) is 0 Å². The van der Waals surface area contributed by atoms with Gasteiger partial charge in [0.15, 0.2) is 0 Å². The second-order valence-corrected chi connectivity index (χ2v) is 2.65. The fraction of sp³-hybridized carbons (Fsp3) is 0.714. The molecule has 0 aromatic carbocycles. The molecule has 0 bridgehead atoms. The Hall–Kier alpha value is -1.06. The summed E-state index contributed by atoms with van der Waals surface area (Å²) in [6.45, 7) is 6.45. The lowest BCUT2D eigenvalue weighted by Crippen LogP contribution is -2.48. The summed E-state index contributed by atoms with van der Waals surface area (Å²) >= 11 is 0. The van der Waals surface area contributed by atoms with Crippen LogP contribution in [0.15, 0.2) is 0 Å². The minimum Gasteiger partial charge on any atom is -0.274 e. The molecule has 0 fully saturated rings. The lowest BCUT2D eigenvalue weighted by atomic mass is 10.4. The Balaban J connectivity index is 4.12. The molecule has 0 aromatic rings. The van der Waals surface area contributed by atoms with Crippen molar-refractivity contribution in [2.24, 2.45) is 0 Å². The van der Waals surface area contributed by atoms with Crippen LogP contribution in [0.3, 0.4) is 0 Å². The molecular weight excluding hydrogens is 144 g/mol. The lowest BCUT2D eigenvalue weighted by Gasteiger charge is -2.24. The Kier molecular flexibility index (Phi) is 3.57. The van der Waals surface area contributed by atoms with E-state index in [1.54, 1.807) is 0 Å². The van der Waals surface area contributed by atoms with Crippen molar-refractivity contribution in [2.45, 2.75) is 33.7 Å². The average Bonchev–Trinajstić information content (AvgIpc) is 1.81. The fourth-order valence-electron chi connectivity index (χ4n) is 0.741. The first-order valence-electron chi connectivity index (χ1n) is 3.52. The number of nitrogens with one attached hydrogen (secondary N) is 1. The maximum Gasteiger partial charge on any atom is 0.238 e. The first kappa shape index (κ1) is 9.94. The van der Waals surface area contributed by atoms with Crippen LogP contribution in [0.1, 0.15) is 27.7 Å². The van der Waals surface area contributed by atoms with Gasteiger partial charge in [-0.15, -0.1) is 0 Å². The first-order chi connectivity index (χ1) is 4.95. The van der Waals surface area contributed by atoms with Gasteiger partial charge in [-0.3, -0.25) is 20.0 Å². The molecule has 0 radical (unpaired) electrons. The van der Waals surface area contributed by atoms with Crippen LogP contribution in [0.5, 0.6) is 0 Å². The zero-order valence-electron chi connectivity index (χ0n) is 7.34. The molecule has 0 heterocycles. The molecule has 0 aliphatic rings. The van der Waals surface area contributed by atoms with Gasteiger partial charge in [0.2, 0.25) is 11.8 Å². The van der Waals surface area contributed by atoms with Gasteiger partial charge in [-0.25, -0.2) is 0 Å². The number of carbonyl (C=O) groups excluding carboxylic acids is 2. The molecule has 0 spiro atoms. The highest BCUT2D eigenvalue weighted by Gasteiger charge is 2.12. The Labute approximate surface area is 66.5 Å². The van der Waals surface area contributed by atoms with Gasteiger partial charge >= 0.3 is 0 Å². The van der Waals surface area contributed by atoms with Gasteiger partial charge in [-0.1, -0.05) is 0 Å². The van der Waals surface area contributed by atoms with Crippen LogP contribution in [-0.4, -0.2) is 22.9 Å². The molecule has 0 aliphatic heterocycles. The summed E-state index contributed by atoms with van der Waals surface area (Å²) < 4.78 is 0. The van der Waals surface area contributed by atoms with E-state index >= 15 is 0 Å². The van der Waals surface area contributed by atoms with Crippen molar-refractivity contribution in [1.82, 2.24) is 10.4 Å². The van der Waals surface area contributed by atoms with E-state index in [1.807, 2.05) is 13.8 Å². The Morgan fingerprint density at radius 1 is 1.27 bits per heavy atom. The quantitative estimate of drug-likeness (QED) is 0.558. The molecule has 2 amide bonds. The van der Waals surface area contributed by atoms with Crippen molar-refractivity contribution in [3.8, 4) is 0 Å². The van der Waals surface area contributed by atoms with Gasteiger partial charge in [-0.2, -0.15) is 0 Å². The Morgan fingerprint density at radius 3 is 1.82 bits per heavy atom. The summed E-state index contributed by atoms with van der Waals surface area (Å²) in [5.74, 6) is -0.385. The summed E-state index contributed by atoms with van der Waals surface area (Å²) in [6.07, 6.45) is 0. The van der Waals surface area contributed by atoms with Crippen LogP contribution in [0.2, 0.25) is 0 Å². The van der Waals surface area contributed by atoms with E-state index in [-0.39, 0.29) is 17.9 Å². The molecule has 64 valence electrons. The molecule has 0 saturated carbocycles.